The van der Waals surface area contributed by atoms with Crippen LogP contribution < -0.4 is 5.32 Å². The third kappa shape index (κ3) is 5.50. The predicted octanol–water partition coefficient (Wildman–Crippen LogP) is 2.98. The van der Waals surface area contributed by atoms with Gasteiger partial charge < -0.3 is 10.2 Å². The molecule has 2 fully saturated rings. The van der Waals surface area contributed by atoms with E-state index in [-0.39, 0.29) is 0 Å². The molecule has 0 radical (unpaired) electrons. The second-order valence-electron chi connectivity index (χ2n) is 6.06. The van der Waals surface area contributed by atoms with Gasteiger partial charge >= 0.3 is 0 Å². The molecule has 2 rings (SSSR count). The maximum atomic E-state index is 3.73. The number of rotatable bonds is 6. The minimum atomic E-state index is 0.668. The molecular weight excluding hydrogens is 240 g/mol. The third-order valence-electron chi connectivity index (χ3n) is 4.37. The molecule has 2 heterocycles. The molecule has 106 valence electrons. The minimum absolute atomic E-state index is 0.668. The average Bonchev–Trinajstić information content (AvgIpc) is 2.41. The summed E-state index contributed by atoms with van der Waals surface area (Å²) in [6.45, 7) is 7.48. The number of hydrogen-bond acceptors (Lipinski definition) is 3. The second kappa shape index (κ2) is 8.44. The van der Waals surface area contributed by atoms with Gasteiger partial charge in [-0.1, -0.05) is 6.42 Å². The van der Waals surface area contributed by atoms with Crippen LogP contribution in [0, 0.1) is 5.92 Å². The highest BCUT2D eigenvalue weighted by Gasteiger charge is 2.15. The van der Waals surface area contributed by atoms with Crippen molar-refractivity contribution < 1.29 is 0 Å². The molecule has 0 aromatic rings. The van der Waals surface area contributed by atoms with E-state index in [1.54, 1.807) is 0 Å². The zero-order valence-electron chi connectivity index (χ0n) is 12.0. The van der Waals surface area contributed by atoms with Crippen LogP contribution in [0.4, 0.5) is 0 Å². The van der Waals surface area contributed by atoms with Gasteiger partial charge in [-0.05, 0) is 76.1 Å². The molecule has 0 aromatic heterocycles. The van der Waals surface area contributed by atoms with Gasteiger partial charge in [0.2, 0.25) is 0 Å². The second-order valence-corrected chi connectivity index (χ2v) is 7.29. The van der Waals surface area contributed by atoms with Crippen molar-refractivity contribution in [3.63, 3.8) is 0 Å². The van der Waals surface area contributed by atoms with E-state index in [2.05, 4.69) is 28.9 Å². The number of nitrogens with zero attached hydrogens (tertiary/aromatic N) is 1. The van der Waals surface area contributed by atoms with E-state index in [1.807, 2.05) is 0 Å². The maximum Gasteiger partial charge on any atom is 0.0166 e. The molecule has 18 heavy (non-hydrogen) atoms. The predicted molar refractivity (Wildman–Crippen MR) is 82.4 cm³/mol. The molecule has 0 aromatic carbocycles. The summed E-state index contributed by atoms with van der Waals surface area (Å²) in [5.74, 6) is 3.79. The fourth-order valence-electron chi connectivity index (χ4n) is 3.16. The first kappa shape index (κ1) is 14.7. The Hall–Kier alpha value is 0.270. The van der Waals surface area contributed by atoms with Gasteiger partial charge in [0.15, 0.2) is 0 Å². The van der Waals surface area contributed by atoms with Gasteiger partial charge in [0.05, 0.1) is 0 Å². The largest absolute Gasteiger partial charge is 0.313 e. The van der Waals surface area contributed by atoms with Crippen molar-refractivity contribution in [2.75, 3.05) is 37.7 Å². The molecule has 2 aliphatic heterocycles. The number of piperidine rings is 1. The lowest BCUT2D eigenvalue weighted by atomic mass is 9.99. The maximum absolute atomic E-state index is 3.73. The van der Waals surface area contributed by atoms with Gasteiger partial charge in [-0.25, -0.2) is 0 Å². The van der Waals surface area contributed by atoms with Crippen LogP contribution in [-0.2, 0) is 0 Å². The Bertz CT molecular complexity index is 211. The zero-order chi connectivity index (χ0) is 12.6. The molecule has 2 aliphatic rings. The van der Waals surface area contributed by atoms with Gasteiger partial charge in [-0.15, -0.1) is 0 Å². The highest BCUT2D eigenvalue weighted by atomic mass is 32.2. The summed E-state index contributed by atoms with van der Waals surface area (Å²) in [6, 6.07) is 0.668. The fraction of sp³-hybridized carbons (Fsp3) is 1.00. The Balaban J connectivity index is 1.52. The smallest absolute Gasteiger partial charge is 0.0166 e. The molecule has 1 unspecified atom stereocenters. The van der Waals surface area contributed by atoms with Crippen LogP contribution >= 0.6 is 11.8 Å². The molecule has 2 nitrogen and oxygen atoms in total. The Labute approximate surface area is 117 Å². The van der Waals surface area contributed by atoms with E-state index in [9.17, 15) is 0 Å². The quantitative estimate of drug-likeness (QED) is 0.799. The van der Waals surface area contributed by atoms with Crippen molar-refractivity contribution in [3.8, 4) is 0 Å². The average molecular weight is 270 g/mol. The molecule has 0 bridgehead atoms. The topological polar surface area (TPSA) is 15.3 Å². The lowest BCUT2D eigenvalue weighted by molar-refractivity contribution is 0.208. The molecular formula is C15H30N2S. The van der Waals surface area contributed by atoms with E-state index >= 15 is 0 Å². The molecule has 1 atom stereocenters. The van der Waals surface area contributed by atoms with E-state index < -0.39 is 0 Å². The summed E-state index contributed by atoms with van der Waals surface area (Å²) in [6.07, 6.45) is 8.56. The highest BCUT2D eigenvalue weighted by Crippen LogP contribution is 2.24. The number of nitrogens with one attached hydrogen (secondary N) is 1. The number of hydrogen-bond donors (Lipinski definition) is 1. The molecule has 0 amide bonds. The van der Waals surface area contributed by atoms with E-state index in [0.717, 1.165) is 5.92 Å². The fourth-order valence-corrected chi connectivity index (χ4v) is 4.37. The Kier molecular flexibility index (Phi) is 6.88. The van der Waals surface area contributed by atoms with Crippen molar-refractivity contribution >= 4 is 11.8 Å². The summed E-state index contributed by atoms with van der Waals surface area (Å²) in [5.41, 5.74) is 0. The number of likely N-dealkylation sites (tertiary alicyclic amines) is 1. The van der Waals surface area contributed by atoms with Gasteiger partial charge in [0.1, 0.15) is 0 Å². The van der Waals surface area contributed by atoms with Crippen molar-refractivity contribution in [1.82, 2.24) is 10.2 Å². The first-order valence-electron chi connectivity index (χ1n) is 7.88. The van der Waals surface area contributed by atoms with Crippen molar-refractivity contribution in [2.24, 2.45) is 5.92 Å². The normalized spacial score (nSPS) is 25.2. The van der Waals surface area contributed by atoms with Crippen LogP contribution in [0.15, 0.2) is 0 Å². The van der Waals surface area contributed by atoms with Crippen LogP contribution in [0.1, 0.15) is 45.4 Å². The summed E-state index contributed by atoms with van der Waals surface area (Å²) in [7, 11) is 0. The van der Waals surface area contributed by atoms with Crippen LogP contribution in [0.25, 0.3) is 0 Å². The van der Waals surface area contributed by atoms with E-state index in [4.69, 9.17) is 0 Å². The van der Waals surface area contributed by atoms with Crippen LogP contribution in [0.3, 0.4) is 0 Å². The Morgan fingerprint density at radius 3 is 2.61 bits per heavy atom. The summed E-state index contributed by atoms with van der Waals surface area (Å²) in [4.78, 5) is 2.64. The van der Waals surface area contributed by atoms with Crippen LogP contribution in [0.5, 0.6) is 0 Å². The molecule has 0 saturated carbocycles. The van der Waals surface area contributed by atoms with Crippen molar-refractivity contribution in [2.45, 2.75) is 51.5 Å². The Morgan fingerprint density at radius 1 is 1.17 bits per heavy atom. The SMILES string of the molecule is CC(CN1CCCCC1)NCCC1CCSCC1. The standard InChI is InChI=1S/C15H30N2S/c1-14(13-17-9-3-2-4-10-17)16-8-5-15-6-11-18-12-7-15/h14-16H,2-13H2,1H3. The molecule has 0 aliphatic carbocycles. The first-order valence-corrected chi connectivity index (χ1v) is 9.03. The summed E-state index contributed by atoms with van der Waals surface area (Å²) >= 11 is 2.13. The van der Waals surface area contributed by atoms with Crippen LogP contribution in [-0.4, -0.2) is 48.6 Å². The third-order valence-corrected chi connectivity index (χ3v) is 5.42. The summed E-state index contributed by atoms with van der Waals surface area (Å²) < 4.78 is 0. The van der Waals surface area contributed by atoms with E-state index in [1.165, 1.54) is 76.2 Å². The van der Waals surface area contributed by atoms with Gasteiger partial charge in [0, 0.05) is 12.6 Å². The Morgan fingerprint density at radius 2 is 1.89 bits per heavy atom. The van der Waals surface area contributed by atoms with Gasteiger partial charge in [-0.2, -0.15) is 11.8 Å². The highest BCUT2D eigenvalue weighted by molar-refractivity contribution is 7.99. The van der Waals surface area contributed by atoms with Gasteiger partial charge in [0.25, 0.3) is 0 Å². The first-order chi connectivity index (χ1) is 8.84. The minimum Gasteiger partial charge on any atom is -0.313 e. The van der Waals surface area contributed by atoms with Crippen molar-refractivity contribution in [3.05, 3.63) is 0 Å². The van der Waals surface area contributed by atoms with Gasteiger partial charge in [-0.3, -0.25) is 0 Å². The van der Waals surface area contributed by atoms with Crippen molar-refractivity contribution in [1.29, 1.82) is 0 Å². The van der Waals surface area contributed by atoms with Crippen LogP contribution in [0.2, 0.25) is 0 Å². The lowest BCUT2D eigenvalue weighted by Gasteiger charge is -2.30. The molecule has 1 N–H and O–H groups in total. The molecule has 0 spiro atoms. The molecule has 3 heteroatoms. The lowest BCUT2D eigenvalue weighted by Crippen LogP contribution is -2.42. The number of thioether (sulfide) groups is 1. The van der Waals surface area contributed by atoms with E-state index in [0.29, 0.717) is 6.04 Å². The molecule has 2 saturated heterocycles. The zero-order valence-corrected chi connectivity index (χ0v) is 12.8. The summed E-state index contributed by atoms with van der Waals surface area (Å²) in [5, 5.41) is 3.73. The monoisotopic (exact) mass is 270 g/mol.